The molecule has 1 rings (SSSR count). The van der Waals surface area contributed by atoms with Gasteiger partial charge >= 0.3 is 5.97 Å². The lowest BCUT2D eigenvalue weighted by atomic mass is 9.69. The second kappa shape index (κ2) is 3.87. The summed E-state index contributed by atoms with van der Waals surface area (Å²) in [4.78, 5) is 11.3. The Bertz CT molecular complexity index is 226. The third-order valence-corrected chi connectivity index (χ3v) is 3.54. The molecule has 4 atom stereocenters. The predicted molar refractivity (Wildman–Crippen MR) is 50.9 cm³/mol. The monoisotopic (exact) mass is 202 g/mol. The van der Waals surface area contributed by atoms with Crippen LogP contribution in [0.4, 0.5) is 0 Å². The average Bonchev–Trinajstić information content (AvgIpc) is 2.46. The van der Waals surface area contributed by atoms with E-state index in [-0.39, 0.29) is 12.0 Å². The van der Waals surface area contributed by atoms with E-state index < -0.39 is 17.5 Å². The van der Waals surface area contributed by atoms with Crippen molar-refractivity contribution in [3.8, 4) is 0 Å². The molecule has 1 heterocycles. The third kappa shape index (κ3) is 1.53. The summed E-state index contributed by atoms with van der Waals surface area (Å²) in [5.41, 5.74) is -0.922. The summed E-state index contributed by atoms with van der Waals surface area (Å²) in [5.74, 6) is -1.16. The second-order valence-electron chi connectivity index (χ2n) is 4.14. The minimum atomic E-state index is -0.922. The van der Waals surface area contributed by atoms with Gasteiger partial charge in [-0.15, -0.1) is 0 Å². The van der Waals surface area contributed by atoms with Crippen molar-refractivity contribution in [1.29, 1.82) is 0 Å². The minimum Gasteiger partial charge on any atom is -0.481 e. The van der Waals surface area contributed by atoms with E-state index in [2.05, 4.69) is 0 Å². The van der Waals surface area contributed by atoms with E-state index in [9.17, 15) is 15.0 Å². The van der Waals surface area contributed by atoms with Crippen molar-refractivity contribution in [2.45, 2.75) is 39.4 Å². The maximum absolute atomic E-state index is 11.3. The number of ether oxygens (including phenoxy) is 1. The van der Waals surface area contributed by atoms with Crippen LogP contribution < -0.4 is 0 Å². The molecule has 14 heavy (non-hydrogen) atoms. The van der Waals surface area contributed by atoms with Crippen LogP contribution in [-0.2, 0) is 9.53 Å². The molecule has 0 spiro atoms. The number of carboxylic acids is 1. The Labute approximate surface area is 83.9 Å². The molecule has 1 saturated heterocycles. The molecule has 1 aliphatic heterocycles. The van der Waals surface area contributed by atoms with Crippen molar-refractivity contribution in [3.05, 3.63) is 0 Å². The zero-order chi connectivity index (χ0) is 10.9. The Morgan fingerprint density at radius 3 is 2.43 bits per heavy atom. The molecule has 0 bridgehead atoms. The van der Waals surface area contributed by atoms with E-state index in [0.29, 0.717) is 13.0 Å². The summed E-state index contributed by atoms with van der Waals surface area (Å²) in [7, 11) is 0. The number of aliphatic hydroxyl groups excluding tert-OH is 1. The number of carboxylic acid groups (broad SMARTS) is 1. The summed E-state index contributed by atoms with van der Waals surface area (Å²) in [6.07, 6.45) is -0.477. The van der Waals surface area contributed by atoms with Crippen LogP contribution in [0.25, 0.3) is 0 Å². The van der Waals surface area contributed by atoms with Crippen LogP contribution in [0.5, 0.6) is 0 Å². The number of rotatable bonds is 3. The number of aliphatic hydroxyl groups is 1. The molecule has 0 aromatic rings. The van der Waals surface area contributed by atoms with Crippen LogP contribution in [0, 0.1) is 11.3 Å². The molecule has 0 aromatic carbocycles. The molecule has 0 aromatic heterocycles. The summed E-state index contributed by atoms with van der Waals surface area (Å²) in [6.45, 7) is 5.62. The maximum Gasteiger partial charge on any atom is 0.312 e. The van der Waals surface area contributed by atoms with Gasteiger partial charge < -0.3 is 14.9 Å². The van der Waals surface area contributed by atoms with Crippen molar-refractivity contribution < 1.29 is 19.7 Å². The fourth-order valence-electron chi connectivity index (χ4n) is 2.26. The highest BCUT2D eigenvalue weighted by Crippen LogP contribution is 2.43. The Kier molecular flexibility index (Phi) is 3.17. The van der Waals surface area contributed by atoms with E-state index in [1.807, 2.05) is 0 Å². The minimum absolute atomic E-state index is 0.294. The molecule has 4 unspecified atom stereocenters. The largest absolute Gasteiger partial charge is 0.481 e. The average molecular weight is 202 g/mol. The molecule has 0 aliphatic carbocycles. The lowest BCUT2D eigenvalue weighted by molar-refractivity contribution is -0.159. The Balaban J connectivity index is 2.98. The number of hydrogen-bond donors (Lipinski definition) is 2. The van der Waals surface area contributed by atoms with Crippen LogP contribution >= 0.6 is 0 Å². The lowest BCUT2D eigenvalue weighted by Gasteiger charge is -2.35. The van der Waals surface area contributed by atoms with Gasteiger partial charge in [-0.25, -0.2) is 0 Å². The number of aliphatic carboxylic acids is 1. The first-order chi connectivity index (χ1) is 6.43. The van der Waals surface area contributed by atoms with Gasteiger partial charge in [0.25, 0.3) is 0 Å². The van der Waals surface area contributed by atoms with Crippen LogP contribution in [0.3, 0.4) is 0 Å². The smallest absolute Gasteiger partial charge is 0.312 e. The van der Waals surface area contributed by atoms with Gasteiger partial charge in [-0.1, -0.05) is 6.92 Å². The molecule has 4 nitrogen and oxygen atoms in total. The molecule has 1 fully saturated rings. The lowest BCUT2D eigenvalue weighted by Crippen LogP contribution is -2.46. The fourth-order valence-corrected chi connectivity index (χ4v) is 2.26. The zero-order valence-corrected chi connectivity index (χ0v) is 8.86. The summed E-state index contributed by atoms with van der Waals surface area (Å²) >= 11 is 0. The van der Waals surface area contributed by atoms with E-state index in [1.54, 1.807) is 20.8 Å². The van der Waals surface area contributed by atoms with E-state index >= 15 is 0 Å². The zero-order valence-electron chi connectivity index (χ0n) is 8.86. The molecule has 0 radical (unpaired) electrons. The summed E-state index contributed by atoms with van der Waals surface area (Å²) < 4.78 is 5.31. The highest BCUT2D eigenvalue weighted by molar-refractivity contribution is 5.76. The van der Waals surface area contributed by atoms with E-state index in [0.717, 1.165) is 0 Å². The highest BCUT2D eigenvalue weighted by atomic mass is 16.5. The van der Waals surface area contributed by atoms with Gasteiger partial charge in [0.05, 0.1) is 12.2 Å². The Morgan fingerprint density at radius 1 is 1.57 bits per heavy atom. The van der Waals surface area contributed by atoms with Crippen molar-refractivity contribution in [3.63, 3.8) is 0 Å². The Morgan fingerprint density at radius 2 is 2.14 bits per heavy atom. The predicted octanol–water partition coefficient (Wildman–Crippen LogP) is 0.883. The van der Waals surface area contributed by atoms with Crippen molar-refractivity contribution in [2.24, 2.45) is 11.3 Å². The summed E-state index contributed by atoms with van der Waals surface area (Å²) in [5, 5.41) is 18.8. The number of carbonyl (C=O) groups is 1. The molecular weight excluding hydrogens is 184 g/mol. The van der Waals surface area contributed by atoms with Gasteiger partial charge in [0.1, 0.15) is 5.41 Å². The van der Waals surface area contributed by atoms with E-state index in [4.69, 9.17) is 4.74 Å². The van der Waals surface area contributed by atoms with Crippen LogP contribution in [-0.4, -0.2) is 35.0 Å². The third-order valence-electron chi connectivity index (χ3n) is 3.54. The first-order valence-electron chi connectivity index (χ1n) is 4.96. The van der Waals surface area contributed by atoms with Gasteiger partial charge in [0.2, 0.25) is 0 Å². The molecule has 1 aliphatic rings. The fraction of sp³-hybridized carbons (Fsp3) is 0.900. The molecule has 4 heteroatoms. The standard InChI is InChI=1S/C10H18O4/c1-6(7(2)11)10(9(12)13)4-5-14-8(10)3/h6-8,11H,4-5H2,1-3H3,(H,12,13). The van der Waals surface area contributed by atoms with Crippen molar-refractivity contribution in [2.75, 3.05) is 6.61 Å². The molecular formula is C10H18O4. The number of hydrogen-bond acceptors (Lipinski definition) is 3. The Hall–Kier alpha value is -0.610. The van der Waals surface area contributed by atoms with Gasteiger partial charge in [-0.2, -0.15) is 0 Å². The van der Waals surface area contributed by atoms with Crippen LogP contribution in [0.1, 0.15) is 27.2 Å². The highest BCUT2D eigenvalue weighted by Gasteiger charge is 2.53. The SMILES string of the molecule is CC(O)C(C)C1(C(=O)O)CCOC1C. The topological polar surface area (TPSA) is 66.8 Å². The second-order valence-corrected chi connectivity index (χ2v) is 4.14. The summed E-state index contributed by atoms with van der Waals surface area (Å²) in [6, 6.07) is 0. The van der Waals surface area contributed by atoms with Crippen LogP contribution in [0.15, 0.2) is 0 Å². The molecule has 0 amide bonds. The normalized spacial score (nSPS) is 36.7. The molecule has 82 valence electrons. The van der Waals surface area contributed by atoms with Gasteiger partial charge in [-0.05, 0) is 20.3 Å². The van der Waals surface area contributed by atoms with Gasteiger partial charge in [0.15, 0.2) is 0 Å². The molecule has 0 saturated carbocycles. The van der Waals surface area contributed by atoms with Gasteiger partial charge in [0, 0.05) is 12.5 Å². The maximum atomic E-state index is 11.3. The first kappa shape index (κ1) is 11.5. The van der Waals surface area contributed by atoms with E-state index in [1.165, 1.54) is 0 Å². The van der Waals surface area contributed by atoms with Crippen molar-refractivity contribution in [1.82, 2.24) is 0 Å². The first-order valence-corrected chi connectivity index (χ1v) is 4.96. The van der Waals surface area contributed by atoms with Crippen molar-refractivity contribution >= 4 is 5.97 Å². The molecule has 2 N–H and O–H groups in total. The quantitative estimate of drug-likeness (QED) is 0.713. The van der Waals surface area contributed by atoms with Crippen LogP contribution in [0.2, 0.25) is 0 Å². The van der Waals surface area contributed by atoms with Gasteiger partial charge in [-0.3, -0.25) is 4.79 Å².